The van der Waals surface area contributed by atoms with Crippen molar-refractivity contribution >= 4 is 25.8 Å². The van der Waals surface area contributed by atoms with Gasteiger partial charge >= 0.3 is 0 Å². The zero-order valence-corrected chi connectivity index (χ0v) is 10.3. The Morgan fingerprint density at radius 2 is 2.33 bits per heavy atom. The largest absolute Gasteiger partial charge is 0.465 e. The molecule has 1 N–H and O–H groups in total. The van der Waals surface area contributed by atoms with Gasteiger partial charge in [-0.1, -0.05) is 0 Å². The van der Waals surface area contributed by atoms with Crippen molar-refractivity contribution < 1.29 is 17.9 Å². The van der Waals surface area contributed by atoms with Crippen LogP contribution in [0.5, 0.6) is 0 Å². The lowest BCUT2D eigenvalue weighted by atomic mass is 10.0. The van der Waals surface area contributed by atoms with Gasteiger partial charge in [-0.3, -0.25) is 0 Å². The van der Waals surface area contributed by atoms with Crippen LogP contribution >= 0.6 is 15.9 Å². The van der Waals surface area contributed by atoms with Gasteiger partial charge in [0.15, 0.2) is 9.84 Å². The summed E-state index contributed by atoms with van der Waals surface area (Å²) in [4.78, 5) is 0. The Labute approximate surface area is 96.3 Å². The Balaban J connectivity index is 2.17. The highest BCUT2D eigenvalue weighted by atomic mass is 79.9. The predicted molar refractivity (Wildman–Crippen MR) is 58.1 cm³/mol. The summed E-state index contributed by atoms with van der Waals surface area (Å²) in [6.07, 6.45) is 1.12. The SMILES string of the molecule is O=S1(=O)CCC(C(O)c2occc2Br)C1. The molecule has 2 unspecified atom stereocenters. The molecule has 1 saturated heterocycles. The van der Waals surface area contributed by atoms with Crippen LogP contribution in [0, 0.1) is 5.92 Å². The molecule has 2 heterocycles. The molecule has 0 bridgehead atoms. The van der Waals surface area contributed by atoms with E-state index >= 15 is 0 Å². The molecule has 0 saturated carbocycles. The summed E-state index contributed by atoms with van der Waals surface area (Å²) in [5, 5.41) is 9.93. The maximum absolute atomic E-state index is 11.2. The molecule has 0 spiro atoms. The van der Waals surface area contributed by atoms with Crippen LogP contribution in [0.25, 0.3) is 0 Å². The highest BCUT2D eigenvalue weighted by Gasteiger charge is 2.35. The van der Waals surface area contributed by atoms with E-state index in [1.54, 1.807) is 6.07 Å². The maximum atomic E-state index is 11.2. The van der Waals surface area contributed by atoms with Crippen molar-refractivity contribution in [1.29, 1.82) is 0 Å². The summed E-state index contributed by atoms with van der Waals surface area (Å²) < 4.78 is 28.3. The Morgan fingerprint density at radius 1 is 1.60 bits per heavy atom. The molecule has 0 aliphatic carbocycles. The third-order valence-corrected chi connectivity index (χ3v) is 5.08. The van der Waals surface area contributed by atoms with Gasteiger partial charge in [-0.05, 0) is 28.4 Å². The molecule has 4 nitrogen and oxygen atoms in total. The Kier molecular flexibility index (Phi) is 2.92. The third-order valence-electron chi connectivity index (χ3n) is 2.63. The molecule has 1 aromatic heterocycles. The molecule has 2 rings (SSSR count). The van der Waals surface area contributed by atoms with Crippen LogP contribution in [-0.2, 0) is 9.84 Å². The van der Waals surface area contributed by atoms with E-state index < -0.39 is 15.9 Å². The number of hydrogen-bond donors (Lipinski definition) is 1. The fourth-order valence-corrected chi connectivity index (χ4v) is 4.07. The number of sulfone groups is 1. The van der Waals surface area contributed by atoms with E-state index in [0.29, 0.717) is 16.7 Å². The molecule has 6 heteroatoms. The number of halogens is 1. The van der Waals surface area contributed by atoms with Crippen LogP contribution < -0.4 is 0 Å². The van der Waals surface area contributed by atoms with Crippen molar-refractivity contribution in [3.63, 3.8) is 0 Å². The van der Waals surface area contributed by atoms with E-state index in [1.165, 1.54) is 6.26 Å². The van der Waals surface area contributed by atoms with Crippen LogP contribution in [0.15, 0.2) is 21.2 Å². The number of hydrogen-bond acceptors (Lipinski definition) is 4. The monoisotopic (exact) mass is 294 g/mol. The van der Waals surface area contributed by atoms with Crippen LogP contribution in [0.2, 0.25) is 0 Å². The van der Waals surface area contributed by atoms with E-state index in [4.69, 9.17) is 4.42 Å². The molecule has 0 radical (unpaired) electrons. The first kappa shape index (κ1) is 11.2. The van der Waals surface area contributed by atoms with E-state index in [0.717, 1.165) is 0 Å². The smallest absolute Gasteiger partial charge is 0.150 e. The first-order chi connectivity index (χ1) is 6.99. The Hall–Kier alpha value is -0.330. The van der Waals surface area contributed by atoms with Crippen LogP contribution in [0.3, 0.4) is 0 Å². The van der Waals surface area contributed by atoms with Crippen molar-refractivity contribution in [1.82, 2.24) is 0 Å². The fourth-order valence-electron chi connectivity index (χ4n) is 1.80. The minimum Gasteiger partial charge on any atom is -0.465 e. The summed E-state index contributed by atoms with van der Waals surface area (Å²) >= 11 is 3.24. The molecule has 1 aliphatic rings. The van der Waals surface area contributed by atoms with Gasteiger partial charge in [0.2, 0.25) is 0 Å². The van der Waals surface area contributed by atoms with E-state index in [9.17, 15) is 13.5 Å². The first-order valence-electron chi connectivity index (χ1n) is 4.61. The minimum absolute atomic E-state index is 0.0430. The van der Waals surface area contributed by atoms with Crippen LogP contribution in [-0.4, -0.2) is 25.0 Å². The normalized spacial score (nSPS) is 26.7. The number of rotatable bonds is 2. The molecule has 1 aliphatic heterocycles. The zero-order valence-electron chi connectivity index (χ0n) is 7.89. The lowest BCUT2D eigenvalue weighted by Crippen LogP contribution is -2.14. The first-order valence-corrected chi connectivity index (χ1v) is 7.22. The second-order valence-electron chi connectivity index (χ2n) is 3.74. The average Bonchev–Trinajstić information content (AvgIpc) is 2.71. The van der Waals surface area contributed by atoms with Crippen molar-refractivity contribution in [3.05, 3.63) is 22.6 Å². The second kappa shape index (κ2) is 3.92. The third kappa shape index (κ3) is 2.26. The Morgan fingerprint density at radius 3 is 2.80 bits per heavy atom. The lowest BCUT2D eigenvalue weighted by molar-refractivity contribution is 0.0964. The van der Waals surface area contributed by atoms with E-state index in [2.05, 4.69) is 15.9 Å². The predicted octanol–water partition coefficient (Wildman–Crippen LogP) is 1.51. The standard InChI is InChI=1S/C9H11BrO4S/c10-7-1-3-14-9(7)8(11)6-2-4-15(12,13)5-6/h1,3,6,8,11H,2,4-5H2. The number of furan rings is 1. The molecule has 1 aromatic rings. The average molecular weight is 295 g/mol. The van der Waals surface area contributed by atoms with Gasteiger partial charge in [-0.2, -0.15) is 0 Å². The van der Waals surface area contributed by atoms with Gasteiger partial charge in [-0.15, -0.1) is 0 Å². The highest BCUT2D eigenvalue weighted by molar-refractivity contribution is 9.10. The second-order valence-corrected chi connectivity index (χ2v) is 6.82. The molecule has 15 heavy (non-hydrogen) atoms. The molecule has 2 atom stereocenters. The van der Waals surface area contributed by atoms with E-state index in [-0.39, 0.29) is 17.4 Å². The molecular formula is C9H11BrO4S. The van der Waals surface area contributed by atoms with E-state index in [1.807, 2.05) is 0 Å². The number of aliphatic hydroxyl groups is 1. The molecule has 0 aromatic carbocycles. The molecule has 1 fully saturated rings. The van der Waals surface area contributed by atoms with Crippen molar-refractivity contribution in [2.24, 2.45) is 5.92 Å². The number of aliphatic hydroxyl groups excluding tert-OH is 1. The molecular weight excluding hydrogens is 284 g/mol. The van der Waals surface area contributed by atoms with Gasteiger partial charge in [-0.25, -0.2) is 8.42 Å². The zero-order chi connectivity index (χ0) is 11.1. The van der Waals surface area contributed by atoms with Crippen molar-refractivity contribution in [2.75, 3.05) is 11.5 Å². The lowest BCUT2D eigenvalue weighted by Gasteiger charge is -2.14. The maximum Gasteiger partial charge on any atom is 0.150 e. The van der Waals surface area contributed by atoms with Gasteiger partial charge in [0.1, 0.15) is 11.9 Å². The Bertz CT molecular complexity index is 450. The summed E-state index contributed by atoms with van der Waals surface area (Å²) in [6.45, 7) is 0. The molecule has 84 valence electrons. The summed E-state index contributed by atoms with van der Waals surface area (Å²) in [6, 6.07) is 1.68. The summed E-state index contributed by atoms with van der Waals surface area (Å²) in [5.74, 6) is 0.364. The van der Waals surface area contributed by atoms with Gasteiger partial charge < -0.3 is 9.52 Å². The van der Waals surface area contributed by atoms with Gasteiger partial charge in [0, 0.05) is 5.92 Å². The summed E-state index contributed by atoms with van der Waals surface area (Å²) in [7, 11) is -2.96. The van der Waals surface area contributed by atoms with Gasteiger partial charge in [0.25, 0.3) is 0 Å². The quantitative estimate of drug-likeness (QED) is 0.898. The van der Waals surface area contributed by atoms with Crippen LogP contribution in [0.1, 0.15) is 18.3 Å². The van der Waals surface area contributed by atoms with Crippen molar-refractivity contribution in [2.45, 2.75) is 12.5 Å². The topological polar surface area (TPSA) is 67.5 Å². The molecule has 0 amide bonds. The van der Waals surface area contributed by atoms with Gasteiger partial charge in [0.05, 0.1) is 22.2 Å². The van der Waals surface area contributed by atoms with Crippen LogP contribution in [0.4, 0.5) is 0 Å². The van der Waals surface area contributed by atoms with Crippen molar-refractivity contribution in [3.8, 4) is 0 Å². The highest BCUT2D eigenvalue weighted by Crippen LogP contribution is 2.35. The summed E-state index contributed by atoms with van der Waals surface area (Å²) in [5.41, 5.74) is 0. The fraction of sp³-hybridized carbons (Fsp3) is 0.556. The minimum atomic E-state index is -2.96.